The summed E-state index contributed by atoms with van der Waals surface area (Å²) in [4.78, 5) is 26.3. The third-order valence-corrected chi connectivity index (χ3v) is 5.23. The molecule has 2 atom stereocenters. The quantitative estimate of drug-likeness (QED) is 0.519. The van der Waals surface area contributed by atoms with Crippen molar-refractivity contribution in [3.8, 4) is 0 Å². The van der Waals surface area contributed by atoms with E-state index in [9.17, 15) is 9.59 Å². The van der Waals surface area contributed by atoms with Crippen LogP contribution < -0.4 is 0 Å². The highest BCUT2D eigenvalue weighted by Crippen LogP contribution is 2.24. The molecule has 2 unspecified atom stereocenters. The van der Waals surface area contributed by atoms with Crippen molar-refractivity contribution >= 4 is 12.2 Å². The Morgan fingerprint density at radius 1 is 0.667 bits per heavy atom. The van der Waals surface area contributed by atoms with Crippen LogP contribution in [0.1, 0.15) is 52.7 Å². The van der Waals surface area contributed by atoms with E-state index in [1.165, 1.54) is 10.0 Å². The number of rotatable bonds is 6. The summed E-state index contributed by atoms with van der Waals surface area (Å²) < 4.78 is 23.7. The Bertz CT molecular complexity index is 903. The van der Waals surface area contributed by atoms with Gasteiger partial charge in [-0.25, -0.2) is 19.6 Å². The summed E-state index contributed by atoms with van der Waals surface area (Å²) in [6, 6.07) is 19.6. The number of nitrogens with zero attached hydrogens (tertiary/aromatic N) is 2. The summed E-state index contributed by atoms with van der Waals surface area (Å²) in [5.41, 5.74) is 0.519. The summed E-state index contributed by atoms with van der Waals surface area (Å²) >= 11 is 0. The molecule has 0 aliphatic carbocycles. The number of benzene rings is 2. The van der Waals surface area contributed by atoms with E-state index < -0.39 is 35.6 Å². The third kappa shape index (κ3) is 8.53. The summed E-state index contributed by atoms with van der Waals surface area (Å²) in [5.74, 6) is 0. The van der Waals surface area contributed by atoms with Crippen molar-refractivity contribution in [3.05, 3.63) is 71.8 Å². The van der Waals surface area contributed by atoms with Gasteiger partial charge in [0.05, 0.1) is 26.3 Å². The molecule has 8 nitrogen and oxygen atoms in total. The van der Waals surface area contributed by atoms with Gasteiger partial charge in [0, 0.05) is 0 Å². The van der Waals surface area contributed by atoms with E-state index in [1.807, 2.05) is 60.7 Å². The van der Waals surface area contributed by atoms with Gasteiger partial charge in [-0.2, -0.15) is 0 Å². The maximum Gasteiger partial charge on any atom is 0.429 e. The molecule has 0 aromatic heterocycles. The van der Waals surface area contributed by atoms with Crippen LogP contribution in [0.2, 0.25) is 0 Å². The first-order valence-corrected chi connectivity index (χ1v) is 12.2. The van der Waals surface area contributed by atoms with E-state index in [0.717, 1.165) is 11.1 Å². The van der Waals surface area contributed by atoms with Gasteiger partial charge in [-0.15, -0.1) is 0 Å². The van der Waals surface area contributed by atoms with Crippen LogP contribution in [-0.2, 0) is 32.2 Å². The lowest BCUT2D eigenvalue weighted by molar-refractivity contribution is -0.172. The summed E-state index contributed by atoms with van der Waals surface area (Å²) in [6.07, 6.45) is -2.30. The van der Waals surface area contributed by atoms with Gasteiger partial charge >= 0.3 is 12.2 Å². The van der Waals surface area contributed by atoms with Crippen LogP contribution in [0, 0.1) is 0 Å². The van der Waals surface area contributed by atoms with Gasteiger partial charge in [-0.05, 0) is 52.7 Å². The molecule has 0 spiro atoms. The molecule has 8 heteroatoms. The van der Waals surface area contributed by atoms with Crippen LogP contribution in [0.3, 0.4) is 0 Å². The van der Waals surface area contributed by atoms with Gasteiger partial charge < -0.3 is 18.9 Å². The van der Waals surface area contributed by atoms with Crippen molar-refractivity contribution in [1.82, 2.24) is 10.0 Å². The van der Waals surface area contributed by atoms with E-state index in [2.05, 4.69) is 0 Å². The molecule has 3 rings (SSSR count). The minimum Gasteiger partial charge on any atom is -0.442 e. The van der Waals surface area contributed by atoms with Crippen molar-refractivity contribution in [2.75, 3.05) is 13.1 Å². The molecule has 1 aliphatic heterocycles. The van der Waals surface area contributed by atoms with Gasteiger partial charge in [-0.3, -0.25) is 0 Å². The van der Waals surface area contributed by atoms with Gasteiger partial charge in [-0.1, -0.05) is 60.7 Å². The lowest BCUT2D eigenvalue weighted by atomic mass is 10.1. The van der Waals surface area contributed by atoms with Crippen molar-refractivity contribution in [1.29, 1.82) is 0 Å². The lowest BCUT2D eigenvalue weighted by Crippen LogP contribution is -2.64. The molecule has 0 bridgehead atoms. The van der Waals surface area contributed by atoms with Gasteiger partial charge in [0.2, 0.25) is 0 Å². The van der Waals surface area contributed by atoms with Crippen molar-refractivity contribution in [3.63, 3.8) is 0 Å². The Kier molecular flexibility index (Phi) is 8.98. The zero-order chi connectivity index (χ0) is 26.3. The molecule has 0 saturated carbocycles. The van der Waals surface area contributed by atoms with Crippen LogP contribution in [0.4, 0.5) is 9.59 Å². The first-order valence-electron chi connectivity index (χ1n) is 12.2. The Labute approximate surface area is 214 Å². The Hall–Kier alpha value is -3.10. The van der Waals surface area contributed by atoms with Crippen molar-refractivity contribution < 1.29 is 28.5 Å². The smallest absolute Gasteiger partial charge is 0.429 e. The summed E-state index contributed by atoms with van der Waals surface area (Å²) in [6.45, 7) is 11.5. The van der Waals surface area contributed by atoms with Crippen LogP contribution in [0.15, 0.2) is 60.7 Å². The largest absolute Gasteiger partial charge is 0.442 e. The fourth-order valence-electron chi connectivity index (χ4n) is 3.62. The molecule has 2 aromatic carbocycles. The first kappa shape index (κ1) is 27.5. The van der Waals surface area contributed by atoms with Crippen molar-refractivity contribution in [2.45, 2.75) is 78.2 Å². The second-order valence-electron chi connectivity index (χ2n) is 10.8. The second-order valence-corrected chi connectivity index (χ2v) is 10.8. The highest BCUT2D eigenvalue weighted by molar-refractivity contribution is 5.75. The predicted molar refractivity (Wildman–Crippen MR) is 136 cm³/mol. The summed E-state index contributed by atoms with van der Waals surface area (Å²) in [7, 11) is 0. The molecule has 0 radical (unpaired) electrons. The molecule has 1 heterocycles. The third-order valence-electron chi connectivity index (χ3n) is 5.23. The monoisotopic (exact) mass is 498 g/mol. The molecule has 0 N–H and O–H groups in total. The highest BCUT2D eigenvalue weighted by atomic mass is 16.6. The Morgan fingerprint density at radius 3 is 1.31 bits per heavy atom. The number of hydrogen-bond donors (Lipinski definition) is 0. The van der Waals surface area contributed by atoms with E-state index in [0.29, 0.717) is 13.2 Å². The van der Waals surface area contributed by atoms with E-state index in [4.69, 9.17) is 18.9 Å². The molecule has 2 aromatic rings. The number of hydrazine groups is 1. The van der Waals surface area contributed by atoms with Crippen LogP contribution in [-0.4, -0.2) is 58.7 Å². The van der Waals surface area contributed by atoms with Gasteiger partial charge in [0.1, 0.15) is 23.4 Å². The maximum absolute atomic E-state index is 13.2. The average Bonchev–Trinajstić information content (AvgIpc) is 2.80. The summed E-state index contributed by atoms with van der Waals surface area (Å²) in [5, 5.41) is 2.52. The normalized spacial score (nSPS) is 18.6. The molecule has 196 valence electrons. The minimum absolute atomic E-state index is 0.0699. The molecule has 2 amide bonds. The molecule has 36 heavy (non-hydrogen) atoms. The number of ether oxygens (including phenoxy) is 4. The zero-order valence-electron chi connectivity index (χ0n) is 22.1. The minimum atomic E-state index is -0.738. The number of carbonyl (C=O) groups is 2. The van der Waals surface area contributed by atoms with Crippen molar-refractivity contribution in [2.24, 2.45) is 0 Å². The first-order chi connectivity index (χ1) is 16.9. The zero-order valence-corrected chi connectivity index (χ0v) is 22.1. The van der Waals surface area contributed by atoms with E-state index in [-0.39, 0.29) is 13.1 Å². The van der Waals surface area contributed by atoms with Gasteiger partial charge in [0.15, 0.2) is 0 Å². The lowest BCUT2D eigenvalue weighted by Gasteiger charge is -2.45. The number of amides is 2. The fourth-order valence-corrected chi connectivity index (χ4v) is 3.62. The number of carbonyl (C=O) groups excluding carboxylic acids is 2. The molecule has 1 fully saturated rings. The topological polar surface area (TPSA) is 77.5 Å². The van der Waals surface area contributed by atoms with Crippen LogP contribution in [0.25, 0.3) is 0 Å². The molecule has 1 saturated heterocycles. The standard InChI is InChI=1S/C28H38N2O6/c1-27(2,3)35-25(31)29-17-23(33-19-21-13-9-7-10-14-21)24(34-20-22-15-11-8-12-16-22)18-30(29)26(32)36-28(4,5)6/h7-16,23-24H,17-20H2,1-6H3. The average molecular weight is 499 g/mol. The highest BCUT2D eigenvalue weighted by Gasteiger charge is 2.43. The molecular weight excluding hydrogens is 460 g/mol. The SMILES string of the molecule is CC(C)(C)OC(=O)N1CC(OCc2ccccc2)C(OCc2ccccc2)CN1C(=O)OC(C)(C)C. The van der Waals surface area contributed by atoms with E-state index >= 15 is 0 Å². The van der Waals surface area contributed by atoms with Gasteiger partial charge in [0.25, 0.3) is 0 Å². The molecular formula is C28H38N2O6. The van der Waals surface area contributed by atoms with Crippen LogP contribution >= 0.6 is 0 Å². The Morgan fingerprint density at radius 2 is 1.00 bits per heavy atom. The fraction of sp³-hybridized carbons (Fsp3) is 0.500. The predicted octanol–water partition coefficient (Wildman–Crippen LogP) is 5.56. The molecule has 1 aliphatic rings. The Balaban J connectivity index is 1.84. The van der Waals surface area contributed by atoms with E-state index in [1.54, 1.807) is 41.5 Å². The maximum atomic E-state index is 13.2. The second kappa shape index (κ2) is 11.8. The number of hydrogen-bond acceptors (Lipinski definition) is 6. The van der Waals surface area contributed by atoms with Crippen LogP contribution in [0.5, 0.6) is 0 Å².